The van der Waals surface area contributed by atoms with Crippen molar-refractivity contribution in [2.75, 3.05) is 13.2 Å². The number of alkyl halides is 3. The number of aromatic nitrogens is 2. The van der Waals surface area contributed by atoms with Crippen LogP contribution in [-0.2, 0) is 11.3 Å². The lowest BCUT2D eigenvalue weighted by Crippen LogP contribution is -2.18. The van der Waals surface area contributed by atoms with Crippen LogP contribution >= 0.6 is 0 Å². The number of nitrogens with one attached hydrogen (secondary N) is 1. The average Bonchev–Trinajstić information content (AvgIpc) is 2.84. The zero-order chi connectivity index (χ0) is 13.2. The Morgan fingerprint density at radius 3 is 2.89 bits per heavy atom. The molecule has 8 heteroatoms. The van der Waals surface area contributed by atoms with Gasteiger partial charge in [0, 0.05) is 0 Å². The highest BCUT2D eigenvalue weighted by molar-refractivity contribution is 4.97. The van der Waals surface area contributed by atoms with Crippen molar-refractivity contribution in [2.24, 2.45) is 5.92 Å². The lowest BCUT2D eigenvalue weighted by molar-refractivity contribution is -0.177. The number of halogens is 3. The fourth-order valence-electron chi connectivity index (χ4n) is 1.88. The minimum absolute atomic E-state index is 0.0196. The molecule has 0 spiro atoms. The summed E-state index contributed by atoms with van der Waals surface area (Å²) in [4.78, 5) is 4.03. The largest absolute Gasteiger partial charge is 0.411 e. The van der Waals surface area contributed by atoms with Crippen molar-refractivity contribution in [3.05, 3.63) is 11.7 Å². The standard InChI is InChI=1S/C10H14F3N3O2/c1-6-2-3-14-8(6)9-15-7(16-18-9)4-17-5-10(11,12)13/h6,8,14H,2-5H2,1H3. The molecule has 2 heterocycles. The maximum Gasteiger partial charge on any atom is 0.411 e. The highest BCUT2D eigenvalue weighted by Gasteiger charge is 2.30. The Balaban J connectivity index is 1.86. The van der Waals surface area contributed by atoms with Gasteiger partial charge < -0.3 is 14.6 Å². The Morgan fingerprint density at radius 2 is 2.28 bits per heavy atom. The molecule has 2 unspecified atom stereocenters. The van der Waals surface area contributed by atoms with Crippen molar-refractivity contribution < 1.29 is 22.4 Å². The van der Waals surface area contributed by atoms with Gasteiger partial charge in [0.15, 0.2) is 5.82 Å². The molecule has 0 saturated carbocycles. The van der Waals surface area contributed by atoms with E-state index in [0.29, 0.717) is 11.8 Å². The SMILES string of the molecule is CC1CCNC1c1nc(COCC(F)(F)F)no1. The summed E-state index contributed by atoms with van der Waals surface area (Å²) < 4.78 is 45.1. The van der Waals surface area contributed by atoms with Gasteiger partial charge in [-0.1, -0.05) is 12.1 Å². The second-order valence-corrected chi connectivity index (χ2v) is 4.35. The number of nitrogens with zero attached hydrogens (tertiary/aromatic N) is 2. The molecule has 1 aliphatic rings. The molecule has 0 aliphatic carbocycles. The van der Waals surface area contributed by atoms with E-state index in [9.17, 15) is 13.2 Å². The van der Waals surface area contributed by atoms with E-state index in [4.69, 9.17) is 4.52 Å². The molecule has 1 saturated heterocycles. The van der Waals surface area contributed by atoms with E-state index in [1.165, 1.54) is 0 Å². The van der Waals surface area contributed by atoms with Gasteiger partial charge in [-0.25, -0.2) is 0 Å². The smallest absolute Gasteiger partial charge is 0.364 e. The lowest BCUT2D eigenvalue weighted by Gasteiger charge is -2.09. The first kappa shape index (κ1) is 13.3. The molecule has 1 aliphatic heterocycles. The first-order chi connectivity index (χ1) is 8.46. The van der Waals surface area contributed by atoms with Crippen molar-refractivity contribution >= 4 is 0 Å². The Kier molecular flexibility index (Phi) is 3.86. The molecule has 18 heavy (non-hydrogen) atoms. The Hall–Kier alpha value is -1.15. The van der Waals surface area contributed by atoms with Crippen molar-refractivity contribution in [2.45, 2.75) is 32.2 Å². The van der Waals surface area contributed by atoms with Crippen LogP contribution in [0.3, 0.4) is 0 Å². The third-order valence-corrected chi connectivity index (χ3v) is 2.78. The Morgan fingerprint density at radius 1 is 1.50 bits per heavy atom. The summed E-state index contributed by atoms with van der Waals surface area (Å²) >= 11 is 0. The minimum Gasteiger partial charge on any atom is -0.364 e. The van der Waals surface area contributed by atoms with Gasteiger partial charge in [-0.15, -0.1) is 0 Å². The van der Waals surface area contributed by atoms with Crippen LogP contribution in [0, 0.1) is 5.92 Å². The highest BCUT2D eigenvalue weighted by Crippen LogP contribution is 2.27. The van der Waals surface area contributed by atoms with Crippen LogP contribution in [0.1, 0.15) is 31.1 Å². The molecule has 1 aromatic rings. The quantitative estimate of drug-likeness (QED) is 0.899. The monoisotopic (exact) mass is 265 g/mol. The van der Waals surface area contributed by atoms with Crippen LogP contribution in [-0.4, -0.2) is 29.5 Å². The lowest BCUT2D eigenvalue weighted by atomic mass is 10.0. The van der Waals surface area contributed by atoms with E-state index in [0.717, 1.165) is 13.0 Å². The van der Waals surface area contributed by atoms with Gasteiger partial charge in [0.1, 0.15) is 13.2 Å². The molecule has 1 aromatic heterocycles. The van der Waals surface area contributed by atoms with Crippen LogP contribution in [0.25, 0.3) is 0 Å². The first-order valence-electron chi connectivity index (χ1n) is 5.66. The van der Waals surface area contributed by atoms with Crippen LogP contribution < -0.4 is 5.32 Å². The van der Waals surface area contributed by atoms with Gasteiger partial charge >= 0.3 is 6.18 Å². The van der Waals surface area contributed by atoms with E-state index in [2.05, 4.69) is 27.1 Å². The molecule has 0 radical (unpaired) electrons. The Labute approximate surface area is 102 Å². The van der Waals surface area contributed by atoms with Crippen molar-refractivity contribution in [1.29, 1.82) is 0 Å². The molecule has 0 aromatic carbocycles. The van der Waals surface area contributed by atoms with Gasteiger partial charge in [-0.05, 0) is 18.9 Å². The van der Waals surface area contributed by atoms with Crippen LogP contribution in [0.4, 0.5) is 13.2 Å². The molecule has 0 amide bonds. The third kappa shape index (κ3) is 3.42. The molecular formula is C10H14F3N3O2. The summed E-state index contributed by atoms with van der Waals surface area (Å²) in [6, 6.07) is -0.0196. The summed E-state index contributed by atoms with van der Waals surface area (Å²) in [6.07, 6.45) is -3.33. The van der Waals surface area contributed by atoms with Crippen molar-refractivity contribution in [1.82, 2.24) is 15.5 Å². The van der Waals surface area contributed by atoms with Crippen molar-refractivity contribution in [3.63, 3.8) is 0 Å². The Bertz CT molecular complexity index is 394. The number of rotatable bonds is 4. The predicted octanol–water partition coefficient (Wildman–Crippen LogP) is 1.82. The van der Waals surface area contributed by atoms with Gasteiger partial charge in [-0.3, -0.25) is 0 Å². The summed E-state index contributed by atoms with van der Waals surface area (Å²) in [5, 5.41) is 6.80. The number of hydrogen-bond donors (Lipinski definition) is 1. The summed E-state index contributed by atoms with van der Waals surface area (Å²) in [6.45, 7) is 1.31. The summed E-state index contributed by atoms with van der Waals surface area (Å²) in [5.74, 6) is 0.912. The third-order valence-electron chi connectivity index (χ3n) is 2.78. The predicted molar refractivity (Wildman–Crippen MR) is 54.5 cm³/mol. The van der Waals surface area contributed by atoms with E-state index >= 15 is 0 Å². The molecular weight excluding hydrogens is 251 g/mol. The minimum atomic E-state index is -4.34. The maximum absolute atomic E-state index is 11.9. The summed E-state index contributed by atoms with van der Waals surface area (Å²) in [5.41, 5.74) is 0. The second kappa shape index (κ2) is 5.23. The number of hydrogen-bond acceptors (Lipinski definition) is 5. The molecule has 2 atom stereocenters. The number of ether oxygens (including phenoxy) is 1. The van der Waals surface area contributed by atoms with Crippen LogP contribution in [0.2, 0.25) is 0 Å². The van der Waals surface area contributed by atoms with Gasteiger partial charge in [0.05, 0.1) is 6.04 Å². The summed E-state index contributed by atoms with van der Waals surface area (Å²) in [7, 11) is 0. The molecule has 1 N–H and O–H groups in total. The second-order valence-electron chi connectivity index (χ2n) is 4.35. The molecule has 1 fully saturated rings. The van der Waals surface area contributed by atoms with E-state index in [1.54, 1.807) is 0 Å². The molecule has 2 rings (SSSR count). The molecule has 5 nitrogen and oxygen atoms in total. The highest BCUT2D eigenvalue weighted by atomic mass is 19.4. The van der Waals surface area contributed by atoms with Crippen LogP contribution in [0.5, 0.6) is 0 Å². The first-order valence-corrected chi connectivity index (χ1v) is 5.66. The van der Waals surface area contributed by atoms with Gasteiger partial charge in [0.25, 0.3) is 0 Å². The fraction of sp³-hybridized carbons (Fsp3) is 0.800. The molecule has 102 valence electrons. The maximum atomic E-state index is 11.9. The normalized spacial score (nSPS) is 24.7. The molecule has 0 bridgehead atoms. The zero-order valence-electron chi connectivity index (χ0n) is 9.83. The van der Waals surface area contributed by atoms with Crippen molar-refractivity contribution in [3.8, 4) is 0 Å². The van der Waals surface area contributed by atoms with E-state index in [-0.39, 0.29) is 18.5 Å². The topological polar surface area (TPSA) is 60.2 Å². The van der Waals surface area contributed by atoms with Gasteiger partial charge in [-0.2, -0.15) is 18.2 Å². The fourth-order valence-corrected chi connectivity index (χ4v) is 1.88. The zero-order valence-corrected chi connectivity index (χ0v) is 9.83. The van der Waals surface area contributed by atoms with Gasteiger partial charge in [0.2, 0.25) is 5.89 Å². The van der Waals surface area contributed by atoms with E-state index < -0.39 is 12.8 Å². The average molecular weight is 265 g/mol. The van der Waals surface area contributed by atoms with E-state index in [1.807, 2.05) is 0 Å². The van der Waals surface area contributed by atoms with Crippen LogP contribution in [0.15, 0.2) is 4.52 Å².